The average molecular weight is 506 g/mol. The molecule has 0 fully saturated rings. The van der Waals surface area contributed by atoms with Crippen LogP contribution < -0.4 is 10.1 Å². The lowest BCUT2D eigenvalue weighted by Gasteiger charge is -2.14. The van der Waals surface area contributed by atoms with Gasteiger partial charge in [0, 0.05) is 36.8 Å². The second-order valence-electron chi connectivity index (χ2n) is 8.64. The molecule has 3 aromatic carbocycles. The monoisotopic (exact) mass is 505 g/mol. The van der Waals surface area contributed by atoms with Crippen molar-refractivity contribution in [2.24, 2.45) is 0 Å². The van der Waals surface area contributed by atoms with Crippen LogP contribution in [0.25, 0.3) is 11.3 Å². The van der Waals surface area contributed by atoms with E-state index in [2.05, 4.69) is 22.1 Å². The number of imidazole rings is 1. The minimum absolute atomic E-state index is 0.108. The predicted molar refractivity (Wildman–Crippen MR) is 139 cm³/mol. The minimum atomic E-state index is -0.108. The minimum Gasteiger partial charge on any atom is -0.489 e. The Morgan fingerprint density at radius 1 is 1.00 bits per heavy atom. The Labute approximate surface area is 214 Å². The van der Waals surface area contributed by atoms with E-state index in [9.17, 15) is 4.79 Å². The normalized spacial score (nSPS) is 12.4. The van der Waals surface area contributed by atoms with Gasteiger partial charge >= 0.3 is 0 Å². The van der Waals surface area contributed by atoms with Crippen molar-refractivity contribution in [1.29, 1.82) is 0 Å². The fourth-order valence-corrected chi connectivity index (χ4v) is 4.56. The maximum atomic E-state index is 12.7. The molecule has 5 nitrogen and oxygen atoms in total. The van der Waals surface area contributed by atoms with Crippen LogP contribution >= 0.6 is 23.2 Å². The molecule has 1 aliphatic heterocycles. The van der Waals surface area contributed by atoms with E-state index in [4.69, 9.17) is 32.9 Å². The zero-order chi connectivity index (χ0) is 24.2. The number of hydrogen-bond acceptors (Lipinski definition) is 3. The summed E-state index contributed by atoms with van der Waals surface area (Å²) in [5.41, 5.74) is 4.73. The molecule has 0 bridgehead atoms. The van der Waals surface area contributed by atoms with E-state index >= 15 is 0 Å². The Kier molecular flexibility index (Phi) is 7.07. The molecule has 0 radical (unpaired) electrons. The molecule has 0 saturated heterocycles. The molecule has 0 aliphatic carbocycles. The molecule has 0 saturated carbocycles. The largest absolute Gasteiger partial charge is 0.489 e. The molecule has 0 unspecified atom stereocenters. The van der Waals surface area contributed by atoms with Crippen molar-refractivity contribution < 1.29 is 9.53 Å². The zero-order valence-electron chi connectivity index (χ0n) is 19.1. The molecule has 35 heavy (non-hydrogen) atoms. The first-order valence-corrected chi connectivity index (χ1v) is 12.4. The Balaban J connectivity index is 1.33. The number of benzene rings is 3. The molecule has 0 spiro atoms. The van der Waals surface area contributed by atoms with Crippen LogP contribution in [0.2, 0.25) is 10.0 Å². The summed E-state index contributed by atoms with van der Waals surface area (Å²) in [5.74, 6) is 1.75. The molecule has 1 N–H and O–H groups in total. The summed E-state index contributed by atoms with van der Waals surface area (Å²) < 4.78 is 8.36. The van der Waals surface area contributed by atoms with Gasteiger partial charge in [0.15, 0.2) is 0 Å². The second kappa shape index (κ2) is 10.5. The van der Waals surface area contributed by atoms with Crippen LogP contribution in [0.15, 0.2) is 72.9 Å². The maximum absolute atomic E-state index is 12.7. The van der Waals surface area contributed by atoms with Crippen LogP contribution in [0.3, 0.4) is 0 Å². The van der Waals surface area contributed by atoms with E-state index in [0.29, 0.717) is 23.2 Å². The first-order valence-electron chi connectivity index (χ1n) is 11.6. The first-order chi connectivity index (χ1) is 17.0. The molecule has 2 heterocycles. The van der Waals surface area contributed by atoms with Crippen molar-refractivity contribution in [3.8, 4) is 17.0 Å². The number of carbonyl (C=O) groups excluding carboxylic acids is 1. The van der Waals surface area contributed by atoms with Crippen molar-refractivity contribution in [2.45, 2.75) is 39.0 Å². The summed E-state index contributed by atoms with van der Waals surface area (Å²) in [7, 11) is 0. The number of fused-ring (bicyclic) bond motifs is 1. The van der Waals surface area contributed by atoms with Gasteiger partial charge < -0.3 is 14.6 Å². The summed E-state index contributed by atoms with van der Waals surface area (Å²) in [6.45, 7) is 1.80. The lowest BCUT2D eigenvalue weighted by molar-refractivity contribution is -0.120. The van der Waals surface area contributed by atoms with Gasteiger partial charge in [-0.1, -0.05) is 59.6 Å². The number of ether oxygens (including phenoxy) is 1. The van der Waals surface area contributed by atoms with Crippen molar-refractivity contribution in [3.05, 3.63) is 105 Å². The third kappa shape index (κ3) is 5.69. The number of amides is 1. The van der Waals surface area contributed by atoms with Crippen molar-refractivity contribution in [2.75, 3.05) is 0 Å². The van der Waals surface area contributed by atoms with Gasteiger partial charge in [-0.25, -0.2) is 4.98 Å². The number of hydrogen-bond donors (Lipinski definition) is 1. The highest BCUT2D eigenvalue weighted by Crippen LogP contribution is 2.29. The molecule has 1 aliphatic rings. The molecule has 5 rings (SSSR count). The molecule has 4 aromatic rings. The van der Waals surface area contributed by atoms with E-state index in [1.54, 1.807) is 18.2 Å². The van der Waals surface area contributed by atoms with Crippen LogP contribution in [0.4, 0.5) is 0 Å². The number of aromatic nitrogens is 2. The quantitative estimate of drug-likeness (QED) is 0.308. The Morgan fingerprint density at radius 2 is 1.86 bits per heavy atom. The number of halogens is 2. The smallest absolute Gasteiger partial charge is 0.224 e. The number of rotatable bonds is 8. The van der Waals surface area contributed by atoms with Crippen molar-refractivity contribution >= 4 is 29.1 Å². The third-order valence-corrected chi connectivity index (χ3v) is 6.82. The molecular formula is C28H25Cl2N3O2. The highest BCUT2D eigenvalue weighted by Gasteiger charge is 2.16. The lowest BCUT2D eigenvalue weighted by Crippen LogP contribution is -2.24. The zero-order valence-corrected chi connectivity index (χ0v) is 20.6. The highest BCUT2D eigenvalue weighted by molar-refractivity contribution is 6.42. The Hall–Kier alpha value is -3.28. The molecule has 1 amide bonds. The number of carbonyl (C=O) groups is 1. The third-order valence-electron chi connectivity index (χ3n) is 6.08. The standard InChI is InChI=1S/C28H25Cl2N3O2/c29-23-10-8-20(13-24(23)30)14-28(34)31-16-22-15-21(25-17-33-12-4-7-27(33)32-25)9-11-26(22)35-18-19-5-2-1-3-6-19/h1-3,5-6,8-11,13,15,17H,4,7,12,14,16,18H2,(H,31,34). The van der Waals surface area contributed by atoms with Crippen LogP contribution in [-0.4, -0.2) is 15.5 Å². The van der Waals surface area contributed by atoms with Crippen LogP contribution in [0.1, 0.15) is 28.9 Å². The molecular weight excluding hydrogens is 481 g/mol. The van der Waals surface area contributed by atoms with Crippen LogP contribution in [0, 0.1) is 0 Å². The predicted octanol–water partition coefficient (Wildman–Crippen LogP) is 6.24. The summed E-state index contributed by atoms with van der Waals surface area (Å²) in [6.07, 6.45) is 4.47. The Morgan fingerprint density at radius 3 is 2.66 bits per heavy atom. The maximum Gasteiger partial charge on any atom is 0.224 e. The fourth-order valence-electron chi connectivity index (χ4n) is 4.24. The van der Waals surface area contributed by atoms with Crippen molar-refractivity contribution in [1.82, 2.24) is 14.9 Å². The molecule has 1 aromatic heterocycles. The van der Waals surface area contributed by atoms with E-state index in [-0.39, 0.29) is 12.3 Å². The van der Waals surface area contributed by atoms with E-state index in [0.717, 1.165) is 58.9 Å². The SMILES string of the molecule is O=C(Cc1ccc(Cl)c(Cl)c1)NCc1cc(-c2cn3c(n2)CCC3)ccc1OCc1ccccc1. The molecule has 178 valence electrons. The van der Waals surface area contributed by atoms with Crippen LogP contribution in [-0.2, 0) is 37.3 Å². The van der Waals surface area contributed by atoms with Crippen molar-refractivity contribution in [3.63, 3.8) is 0 Å². The summed E-state index contributed by atoms with van der Waals surface area (Å²) >= 11 is 12.1. The van der Waals surface area contributed by atoms with Gasteiger partial charge in [-0.15, -0.1) is 0 Å². The van der Waals surface area contributed by atoms with Gasteiger partial charge in [0.2, 0.25) is 5.91 Å². The second-order valence-corrected chi connectivity index (χ2v) is 9.45. The van der Waals surface area contributed by atoms with Gasteiger partial charge in [0.05, 0.1) is 22.2 Å². The summed E-state index contributed by atoms with van der Waals surface area (Å²) in [6, 6.07) is 21.3. The van der Waals surface area contributed by atoms with Gasteiger partial charge in [0.25, 0.3) is 0 Å². The summed E-state index contributed by atoms with van der Waals surface area (Å²) in [4.78, 5) is 17.5. The van der Waals surface area contributed by atoms with Crippen LogP contribution in [0.5, 0.6) is 5.75 Å². The van der Waals surface area contributed by atoms with Gasteiger partial charge in [0.1, 0.15) is 18.2 Å². The lowest BCUT2D eigenvalue weighted by atomic mass is 10.1. The Bertz CT molecular complexity index is 1330. The summed E-state index contributed by atoms with van der Waals surface area (Å²) in [5, 5.41) is 3.93. The first kappa shape index (κ1) is 23.5. The van der Waals surface area contributed by atoms with E-state index in [1.165, 1.54) is 0 Å². The van der Waals surface area contributed by atoms with Gasteiger partial charge in [-0.05, 0) is 47.9 Å². The topological polar surface area (TPSA) is 56.2 Å². The highest BCUT2D eigenvalue weighted by atomic mass is 35.5. The average Bonchev–Trinajstić information content (AvgIpc) is 3.47. The van der Waals surface area contributed by atoms with Gasteiger partial charge in [-0.2, -0.15) is 0 Å². The number of nitrogens with one attached hydrogen (secondary N) is 1. The number of aryl methyl sites for hydroxylation is 2. The number of nitrogens with zero attached hydrogens (tertiary/aromatic N) is 2. The fraction of sp³-hybridized carbons (Fsp3) is 0.214. The van der Waals surface area contributed by atoms with E-state index in [1.807, 2.05) is 42.5 Å². The molecule has 0 atom stereocenters. The van der Waals surface area contributed by atoms with Gasteiger partial charge in [-0.3, -0.25) is 4.79 Å². The molecule has 7 heteroatoms. The van der Waals surface area contributed by atoms with E-state index < -0.39 is 0 Å².